The fourth-order valence-corrected chi connectivity index (χ4v) is 1.95. The maximum absolute atomic E-state index is 10.8. The molecule has 0 spiro atoms. The summed E-state index contributed by atoms with van der Waals surface area (Å²) in [5.41, 5.74) is 0.505. The van der Waals surface area contributed by atoms with Gasteiger partial charge in [-0.05, 0) is 22.9 Å². The van der Waals surface area contributed by atoms with Crippen LogP contribution in [0.2, 0.25) is 0 Å². The van der Waals surface area contributed by atoms with Crippen molar-refractivity contribution in [3.05, 3.63) is 38.5 Å². The smallest absolute Gasteiger partial charge is 0.291 e. The highest BCUT2D eigenvalue weighted by molar-refractivity contribution is 9.10. The number of halogens is 1. The van der Waals surface area contributed by atoms with Crippen molar-refractivity contribution in [1.29, 1.82) is 0 Å². The van der Waals surface area contributed by atoms with E-state index in [1.54, 1.807) is 25.0 Å². The number of hydrogen-bond acceptors (Lipinski definition) is 6. The molecular formula is C10H11BrN6O2. The van der Waals surface area contributed by atoms with Crippen LogP contribution in [0.1, 0.15) is 11.4 Å². The van der Waals surface area contributed by atoms with Crippen molar-refractivity contribution >= 4 is 27.4 Å². The van der Waals surface area contributed by atoms with E-state index in [0.717, 1.165) is 0 Å². The van der Waals surface area contributed by atoms with Crippen LogP contribution in [0.25, 0.3) is 0 Å². The van der Waals surface area contributed by atoms with Crippen LogP contribution in [0.15, 0.2) is 17.0 Å². The predicted octanol–water partition coefficient (Wildman–Crippen LogP) is 1.80. The van der Waals surface area contributed by atoms with Gasteiger partial charge in [-0.1, -0.05) is 0 Å². The zero-order valence-corrected chi connectivity index (χ0v) is 11.9. The summed E-state index contributed by atoms with van der Waals surface area (Å²) >= 11 is 3.30. The van der Waals surface area contributed by atoms with Gasteiger partial charge in [-0.15, -0.1) is 0 Å². The van der Waals surface area contributed by atoms with Crippen molar-refractivity contribution in [3.63, 3.8) is 0 Å². The van der Waals surface area contributed by atoms with Gasteiger partial charge in [0.1, 0.15) is 18.3 Å². The second kappa shape index (κ2) is 5.31. The Morgan fingerprint density at radius 3 is 2.84 bits per heavy atom. The van der Waals surface area contributed by atoms with E-state index in [1.165, 1.54) is 6.20 Å². The van der Waals surface area contributed by atoms with Crippen LogP contribution < -0.4 is 5.32 Å². The van der Waals surface area contributed by atoms with E-state index in [1.807, 2.05) is 0 Å². The molecule has 0 fully saturated rings. The van der Waals surface area contributed by atoms with E-state index in [4.69, 9.17) is 0 Å². The van der Waals surface area contributed by atoms with Gasteiger partial charge in [-0.2, -0.15) is 5.10 Å². The highest BCUT2D eigenvalue weighted by Crippen LogP contribution is 2.30. The maximum Gasteiger partial charge on any atom is 0.291 e. The average molecular weight is 327 g/mol. The highest BCUT2D eigenvalue weighted by Gasteiger charge is 2.17. The molecule has 0 saturated heterocycles. The summed E-state index contributed by atoms with van der Waals surface area (Å²) < 4.78 is 2.17. The molecule has 9 heteroatoms. The molecule has 0 bridgehead atoms. The zero-order chi connectivity index (χ0) is 14.0. The molecule has 2 aromatic rings. The molecule has 2 aromatic heterocycles. The molecule has 19 heavy (non-hydrogen) atoms. The van der Waals surface area contributed by atoms with Crippen molar-refractivity contribution < 1.29 is 4.92 Å². The lowest BCUT2D eigenvalue weighted by atomic mass is 10.2. The fourth-order valence-electron chi connectivity index (χ4n) is 1.50. The molecule has 0 aliphatic heterocycles. The third-order valence-electron chi connectivity index (χ3n) is 2.49. The lowest BCUT2D eigenvalue weighted by Crippen LogP contribution is -2.06. The van der Waals surface area contributed by atoms with Gasteiger partial charge in [0.15, 0.2) is 5.82 Å². The summed E-state index contributed by atoms with van der Waals surface area (Å²) in [5.74, 6) is 1.14. The number of hydrogen-bond donors (Lipinski definition) is 1. The van der Waals surface area contributed by atoms with E-state index in [-0.39, 0.29) is 5.69 Å². The molecule has 8 nitrogen and oxygen atoms in total. The molecule has 0 aromatic carbocycles. The van der Waals surface area contributed by atoms with Crippen LogP contribution in [0.4, 0.5) is 11.5 Å². The van der Waals surface area contributed by atoms with E-state index in [2.05, 4.69) is 36.3 Å². The van der Waals surface area contributed by atoms with Crippen LogP contribution in [0.5, 0.6) is 0 Å². The minimum Gasteiger partial charge on any atom is -0.362 e. The first-order chi connectivity index (χ1) is 8.99. The van der Waals surface area contributed by atoms with Crippen LogP contribution in [-0.2, 0) is 13.6 Å². The van der Waals surface area contributed by atoms with Crippen LogP contribution >= 0.6 is 15.9 Å². The second-order valence-electron chi connectivity index (χ2n) is 3.88. The number of rotatable bonds is 4. The number of aryl methyl sites for hydroxylation is 1. The summed E-state index contributed by atoms with van der Waals surface area (Å²) in [6.45, 7) is 2.05. The number of nitrogens with zero attached hydrogens (tertiary/aromatic N) is 5. The first-order valence-corrected chi connectivity index (χ1v) is 6.16. The molecule has 0 aliphatic carbocycles. The molecule has 0 radical (unpaired) electrons. The van der Waals surface area contributed by atoms with E-state index in [9.17, 15) is 10.1 Å². The van der Waals surface area contributed by atoms with Gasteiger partial charge >= 0.3 is 0 Å². The van der Waals surface area contributed by atoms with Crippen molar-refractivity contribution in [2.24, 2.45) is 7.05 Å². The Morgan fingerprint density at radius 2 is 2.26 bits per heavy atom. The van der Waals surface area contributed by atoms with Crippen LogP contribution in [-0.4, -0.2) is 24.7 Å². The quantitative estimate of drug-likeness (QED) is 0.679. The lowest BCUT2D eigenvalue weighted by Gasteiger charge is -2.07. The van der Waals surface area contributed by atoms with E-state index in [0.29, 0.717) is 28.2 Å². The molecule has 100 valence electrons. The van der Waals surface area contributed by atoms with Crippen LogP contribution in [0.3, 0.4) is 0 Å². The summed E-state index contributed by atoms with van der Waals surface area (Å²) in [6.07, 6.45) is 2.83. The molecule has 0 unspecified atom stereocenters. The van der Waals surface area contributed by atoms with Crippen molar-refractivity contribution in [2.75, 3.05) is 5.32 Å². The number of anilines is 1. The summed E-state index contributed by atoms with van der Waals surface area (Å²) in [7, 11) is 1.78. The highest BCUT2D eigenvalue weighted by atomic mass is 79.9. The summed E-state index contributed by atoms with van der Waals surface area (Å²) in [5, 5.41) is 17.9. The molecule has 2 rings (SSSR count). The molecule has 0 saturated carbocycles. The monoisotopic (exact) mass is 326 g/mol. The van der Waals surface area contributed by atoms with Gasteiger partial charge in [0.05, 0.1) is 15.9 Å². The normalized spacial score (nSPS) is 10.5. The number of nitrogens with one attached hydrogen (secondary N) is 1. The SMILES string of the molecule is Cc1c([N+](=O)[O-])cnc(NCc2ncn(C)n2)c1Br. The van der Waals surface area contributed by atoms with Gasteiger partial charge in [0, 0.05) is 12.6 Å². The summed E-state index contributed by atoms with van der Waals surface area (Å²) in [6, 6.07) is 0. The van der Waals surface area contributed by atoms with Crippen molar-refractivity contribution in [1.82, 2.24) is 19.7 Å². The van der Waals surface area contributed by atoms with Gasteiger partial charge in [0.25, 0.3) is 5.69 Å². The Labute approximate surface area is 117 Å². The number of aromatic nitrogens is 4. The Kier molecular flexibility index (Phi) is 3.74. The van der Waals surface area contributed by atoms with Crippen molar-refractivity contribution in [3.8, 4) is 0 Å². The topological polar surface area (TPSA) is 98.8 Å². The predicted molar refractivity (Wildman–Crippen MR) is 71.7 cm³/mol. The minimum absolute atomic E-state index is 0.0200. The third-order valence-corrected chi connectivity index (χ3v) is 3.47. The molecule has 0 atom stereocenters. The van der Waals surface area contributed by atoms with Gasteiger partial charge < -0.3 is 5.32 Å². The lowest BCUT2D eigenvalue weighted by molar-refractivity contribution is -0.385. The first-order valence-electron chi connectivity index (χ1n) is 5.37. The molecule has 0 amide bonds. The van der Waals surface area contributed by atoms with Gasteiger partial charge in [-0.3, -0.25) is 14.8 Å². The van der Waals surface area contributed by atoms with Gasteiger partial charge in [-0.25, -0.2) is 9.97 Å². The van der Waals surface area contributed by atoms with Crippen molar-refractivity contribution in [2.45, 2.75) is 13.5 Å². The molecule has 2 heterocycles. The Bertz CT molecular complexity index is 626. The van der Waals surface area contributed by atoms with E-state index < -0.39 is 4.92 Å². The Hall–Kier alpha value is -2.03. The summed E-state index contributed by atoms with van der Waals surface area (Å²) in [4.78, 5) is 18.4. The number of nitro groups is 1. The second-order valence-corrected chi connectivity index (χ2v) is 4.67. The molecule has 1 N–H and O–H groups in total. The average Bonchev–Trinajstić information content (AvgIpc) is 2.76. The van der Waals surface area contributed by atoms with E-state index >= 15 is 0 Å². The Morgan fingerprint density at radius 1 is 1.53 bits per heavy atom. The molecular weight excluding hydrogens is 316 g/mol. The largest absolute Gasteiger partial charge is 0.362 e. The first kappa shape index (κ1) is 13.4. The third kappa shape index (κ3) is 2.87. The molecule has 0 aliphatic rings. The standard InChI is InChI=1S/C10H11BrN6O2/c1-6-7(17(18)19)3-12-10(9(6)11)13-4-8-14-5-16(2)15-8/h3,5H,4H2,1-2H3,(H,12,13). The van der Waals surface area contributed by atoms with Crippen LogP contribution in [0, 0.1) is 17.0 Å². The van der Waals surface area contributed by atoms with Gasteiger partial charge in [0.2, 0.25) is 0 Å². The fraction of sp³-hybridized carbons (Fsp3) is 0.300. The number of pyridine rings is 1. The minimum atomic E-state index is -0.461. The maximum atomic E-state index is 10.8. The zero-order valence-electron chi connectivity index (χ0n) is 10.3. The Balaban J connectivity index is 2.17.